The number of aromatic carboxylic acids is 1. The number of pyridine rings is 1. The maximum Gasteiger partial charge on any atom is 0.354 e. The van der Waals surface area contributed by atoms with Crippen LogP contribution in [0.5, 0.6) is 0 Å². The van der Waals surface area contributed by atoms with Crippen LogP contribution in [0.3, 0.4) is 0 Å². The molecule has 16 heavy (non-hydrogen) atoms. The number of nitrogens with zero attached hydrogens (tertiary/aromatic N) is 2. The summed E-state index contributed by atoms with van der Waals surface area (Å²) in [4.78, 5) is 16.8. The molecule has 0 unspecified atom stereocenters. The van der Waals surface area contributed by atoms with Crippen LogP contribution in [0.15, 0.2) is 18.3 Å². The number of anilines is 1. The molecule has 0 aliphatic carbocycles. The molecule has 1 rings (SSSR count). The van der Waals surface area contributed by atoms with Crippen molar-refractivity contribution in [3.63, 3.8) is 0 Å². The van der Waals surface area contributed by atoms with E-state index in [4.69, 9.17) is 5.11 Å². The van der Waals surface area contributed by atoms with Gasteiger partial charge in [0.05, 0.1) is 0 Å². The molecule has 1 N–H and O–H groups in total. The van der Waals surface area contributed by atoms with Gasteiger partial charge in [0.1, 0.15) is 5.69 Å². The lowest BCUT2D eigenvalue weighted by Gasteiger charge is -2.22. The maximum absolute atomic E-state index is 10.8. The third kappa shape index (κ3) is 3.22. The summed E-state index contributed by atoms with van der Waals surface area (Å²) in [5.74, 6) is -0.978. The lowest BCUT2D eigenvalue weighted by atomic mass is 10.2. The summed E-state index contributed by atoms with van der Waals surface area (Å²) in [5.41, 5.74) is 1.04. The first kappa shape index (κ1) is 12.5. The smallest absolute Gasteiger partial charge is 0.354 e. The first-order valence-electron chi connectivity index (χ1n) is 5.63. The van der Waals surface area contributed by atoms with E-state index in [-0.39, 0.29) is 5.69 Å². The molecule has 0 radical (unpaired) electrons. The van der Waals surface area contributed by atoms with Gasteiger partial charge in [-0.05, 0) is 25.5 Å². The van der Waals surface area contributed by atoms with Gasteiger partial charge in [0.15, 0.2) is 0 Å². The topological polar surface area (TPSA) is 53.4 Å². The van der Waals surface area contributed by atoms with Crippen LogP contribution < -0.4 is 4.90 Å². The standard InChI is InChI=1S/C12H18N2O2/c1-3-5-8-14(4-2)10-6-7-13-11(9-10)12(15)16/h6-7,9H,3-5,8H2,1-2H3,(H,15,16). The number of carbonyl (C=O) groups is 1. The second kappa shape index (κ2) is 6.10. The van der Waals surface area contributed by atoms with Crippen molar-refractivity contribution in [2.75, 3.05) is 18.0 Å². The Morgan fingerprint density at radius 1 is 1.50 bits per heavy atom. The average Bonchev–Trinajstić information content (AvgIpc) is 2.30. The summed E-state index contributed by atoms with van der Waals surface area (Å²) in [5, 5.41) is 8.86. The summed E-state index contributed by atoms with van der Waals surface area (Å²) in [6.45, 7) is 6.04. The van der Waals surface area contributed by atoms with Gasteiger partial charge in [0.25, 0.3) is 0 Å². The summed E-state index contributed by atoms with van der Waals surface area (Å²) < 4.78 is 0. The Morgan fingerprint density at radius 3 is 2.81 bits per heavy atom. The summed E-state index contributed by atoms with van der Waals surface area (Å²) in [7, 11) is 0. The van der Waals surface area contributed by atoms with Gasteiger partial charge in [-0.3, -0.25) is 0 Å². The first-order chi connectivity index (χ1) is 7.69. The van der Waals surface area contributed by atoms with Crippen LogP contribution in [-0.4, -0.2) is 29.1 Å². The number of unbranched alkanes of at least 4 members (excludes halogenated alkanes) is 1. The van der Waals surface area contributed by atoms with Crippen LogP contribution in [0.4, 0.5) is 5.69 Å². The van der Waals surface area contributed by atoms with E-state index in [9.17, 15) is 4.79 Å². The largest absolute Gasteiger partial charge is 0.477 e. The molecule has 4 nitrogen and oxygen atoms in total. The van der Waals surface area contributed by atoms with Gasteiger partial charge < -0.3 is 10.0 Å². The number of aromatic nitrogens is 1. The fourth-order valence-electron chi connectivity index (χ4n) is 1.55. The molecule has 1 aromatic rings. The SMILES string of the molecule is CCCCN(CC)c1ccnc(C(=O)O)c1. The molecule has 0 saturated heterocycles. The van der Waals surface area contributed by atoms with Crippen molar-refractivity contribution in [3.05, 3.63) is 24.0 Å². The zero-order chi connectivity index (χ0) is 12.0. The van der Waals surface area contributed by atoms with E-state index >= 15 is 0 Å². The van der Waals surface area contributed by atoms with Gasteiger partial charge in [-0.25, -0.2) is 9.78 Å². The zero-order valence-corrected chi connectivity index (χ0v) is 9.81. The molecule has 88 valence electrons. The molecule has 0 aliphatic heterocycles. The fourth-order valence-corrected chi connectivity index (χ4v) is 1.55. The molecule has 0 aromatic carbocycles. The minimum atomic E-state index is -0.978. The second-order valence-corrected chi connectivity index (χ2v) is 3.64. The zero-order valence-electron chi connectivity index (χ0n) is 9.81. The second-order valence-electron chi connectivity index (χ2n) is 3.64. The van der Waals surface area contributed by atoms with Gasteiger partial charge in [-0.2, -0.15) is 0 Å². The van der Waals surface area contributed by atoms with Crippen molar-refractivity contribution < 1.29 is 9.90 Å². The molecule has 1 heterocycles. The molecule has 0 amide bonds. The van der Waals surface area contributed by atoms with E-state index in [0.717, 1.165) is 31.6 Å². The minimum Gasteiger partial charge on any atom is -0.477 e. The van der Waals surface area contributed by atoms with Gasteiger partial charge in [0.2, 0.25) is 0 Å². The fraction of sp³-hybridized carbons (Fsp3) is 0.500. The summed E-state index contributed by atoms with van der Waals surface area (Å²) in [6, 6.07) is 3.48. The first-order valence-corrected chi connectivity index (χ1v) is 5.63. The van der Waals surface area contributed by atoms with Crippen LogP contribution in [0, 0.1) is 0 Å². The van der Waals surface area contributed by atoms with E-state index in [2.05, 4.69) is 23.7 Å². The van der Waals surface area contributed by atoms with Gasteiger partial charge >= 0.3 is 5.97 Å². The summed E-state index contributed by atoms with van der Waals surface area (Å²) in [6.07, 6.45) is 3.79. The Balaban J connectivity index is 2.83. The summed E-state index contributed by atoms with van der Waals surface area (Å²) >= 11 is 0. The molecule has 0 atom stereocenters. The highest BCUT2D eigenvalue weighted by Crippen LogP contribution is 2.15. The van der Waals surface area contributed by atoms with Crippen LogP contribution in [0.25, 0.3) is 0 Å². The molecular weight excluding hydrogens is 204 g/mol. The highest BCUT2D eigenvalue weighted by atomic mass is 16.4. The lowest BCUT2D eigenvalue weighted by molar-refractivity contribution is 0.0690. The van der Waals surface area contributed by atoms with E-state index in [0.29, 0.717) is 0 Å². The highest BCUT2D eigenvalue weighted by molar-refractivity contribution is 5.86. The lowest BCUT2D eigenvalue weighted by Crippen LogP contribution is -2.24. The predicted molar refractivity (Wildman–Crippen MR) is 64.0 cm³/mol. The number of hydrogen-bond donors (Lipinski definition) is 1. The molecule has 0 saturated carbocycles. The van der Waals surface area contributed by atoms with E-state index in [1.54, 1.807) is 12.3 Å². The molecule has 0 fully saturated rings. The Morgan fingerprint density at radius 2 is 2.25 bits per heavy atom. The van der Waals surface area contributed by atoms with Gasteiger partial charge in [0, 0.05) is 25.0 Å². The Labute approximate surface area is 95.9 Å². The van der Waals surface area contributed by atoms with E-state index < -0.39 is 5.97 Å². The third-order valence-electron chi connectivity index (χ3n) is 2.49. The number of rotatable bonds is 6. The molecule has 0 bridgehead atoms. The molecule has 1 aromatic heterocycles. The van der Waals surface area contributed by atoms with E-state index in [1.807, 2.05) is 6.07 Å². The normalized spacial score (nSPS) is 10.1. The third-order valence-corrected chi connectivity index (χ3v) is 2.49. The van der Waals surface area contributed by atoms with Crippen molar-refractivity contribution in [2.24, 2.45) is 0 Å². The maximum atomic E-state index is 10.8. The van der Waals surface area contributed by atoms with Gasteiger partial charge in [-0.1, -0.05) is 13.3 Å². The van der Waals surface area contributed by atoms with Crippen molar-refractivity contribution in [1.29, 1.82) is 0 Å². The van der Waals surface area contributed by atoms with E-state index in [1.165, 1.54) is 0 Å². The van der Waals surface area contributed by atoms with Crippen LogP contribution in [0.2, 0.25) is 0 Å². The minimum absolute atomic E-state index is 0.104. The quantitative estimate of drug-likeness (QED) is 0.803. The van der Waals surface area contributed by atoms with Crippen LogP contribution >= 0.6 is 0 Å². The number of hydrogen-bond acceptors (Lipinski definition) is 3. The number of carboxylic acid groups (broad SMARTS) is 1. The van der Waals surface area contributed by atoms with Crippen molar-refractivity contribution in [2.45, 2.75) is 26.7 Å². The van der Waals surface area contributed by atoms with Crippen LogP contribution in [0.1, 0.15) is 37.2 Å². The van der Waals surface area contributed by atoms with Crippen molar-refractivity contribution >= 4 is 11.7 Å². The van der Waals surface area contributed by atoms with Crippen molar-refractivity contribution in [3.8, 4) is 0 Å². The molecular formula is C12H18N2O2. The Kier molecular flexibility index (Phi) is 4.76. The van der Waals surface area contributed by atoms with Crippen LogP contribution in [-0.2, 0) is 0 Å². The average molecular weight is 222 g/mol. The van der Waals surface area contributed by atoms with Crippen molar-refractivity contribution in [1.82, 2.24) is 4.98 Å². The highest BCUT2D eigenvalue weighted by Gasteiger charge is 2.08. The predicted octanol–water partition coefficient (Wildman–Crippen LogP) is 2.41. The monoisotopic (exact) mass is 222 g/mol. The molecule has 4 heteroatoms. The molecule has 0 spiro atoms. The number of carboxylic acids is 1. The Hall–Kier alpha value is -1.58. The molecule has 0 aliphatic rings. The Bertz CT molecular complexity index is 353. The van der Waals surface area contributed by atoms with Gasteiger partial charge in [-0.15, -0.1) is 0 Å².